The van der Waals surface area contributed by atoms with E-state index in [9.17, 15) is 4.79 Å². The molecule has 0 aromatic heterocycles. The minimum absolute atomic E-state index is 0.0175. The van der Waals surface area contributed by atoms with E-state index in [0.717, 1.165) is 0 Å². The Kier molecular flexibility index (Phi) is 1.50. The van der Waals surface area contributed by atoms with Gasteiger partial charge in [-0.3, -0.25) is 4.79 Å². The number of fused-ring (bicyclic) bond motifs is 1. The highest BCUT2D eigenvalue weighted by atomic mass is 16.5. The molecule has 1 aromatic carbocycles. The molecule has 0 N–H and O–H groups in total. The molecule has 1 aliphatic rings. The fraction of sp³-hybridized carbons (Fsp3) is 0.222. The number of benzene rings is 1. The number of rotatable bonds is 1. The SMILES string of the molecule is COc1ccc2c(c1)C(=O)CO2. The van der Waals surface area contributed by atoms with Crippen LogP contribution in [0.25, 0.3) is 0 Å². The summed E-state index contributed by atoms with van der Waals surface area (Å²) in [5, 5.41) is 0. The molecule has 0 saturated heterocycles. The lowest BCUT2D eigenvalue weighted by Gasteiger charge is -2.00. The van der Waals surface area contributed by atoms with Gasteiger partial charge < -0.3 is 9.47 Å². The van der Waals surface area contributed by atoms with Gasteiger partial charge in [-0.25, -0.2) is 0 Å². The highest BCUT2D eigenvalue weighted by Crippen LogP contribution is 2.28. The molecular formula is C9H8O3. The van der Waals surface area contributed by atoms with Crippen molar-refractivity contribution in [1.29, 1.82) is 0 Å². The van der Waals surface area contributed by atoms with Crippen LogP contribution in [0, 0.1) is 0 Å². The number of methoxy groups -OCH3 is 1. The van der Waals surface area contributed by atoms with Gasteiger partial charge >= 0.3 is 0 Å². The predicted octanol–water partition coefficient (Wildman–Crippen LogP) is 1.27. The first kappa shape index (κ1) is 7.16. The van der Waals surface area contributed by atoms with Crippen LogP contribution >= 0.6 is 0 Å². The largest absolute Gasteiger partial charge is 0.497 e. The van der Waals surface area contributed by atoms with Crippen molar-refractivity contribution in [3.63, 3.8) is 0 Å². The average Bonchev–Trinajstić information content (AvgIpc) is 2.47. The Morgan fingerprint density at radius 1 is 1.50 bits per heavy atom. The molecule has 2 rings (SSSR count). The third kappa shape index (κ3) is 0.942. The molecule has 0 saturated carbocycles. The zero-order valence-electron chi connectivity index (χ0n) is 6.66. The number of ketones is 1. The molecule has 0 spiro atoms. The maximum atomic E-state index is 11.2. The van der Waals surface area contributed by atoms with Crippen molar-refractivity contribution in [2.75, 3.05) is 13.7 Å². The van der Waals surface area contributed by atoms with E-state index in [1.807, 2.05) is 0 Å². The highest BCUT2D eigenvalue weighted by molar-refractivity contribution is 6.02. The van der Waals surface area contributed by atoms with Gasteiger partial charge in [-0.1, -0.05) is 0 Å². The lowest BCUT2D eigenvalue weighted by molar-refractivity contribution is 0.0961. The predicted molar refractivity (Wildman–Crippen MR) is 42.8 cm³/mol. The molecule has 3 nitrogen and oxygen atoms in total. The van der Waals surface area contributed by atoms with Crippen LogP contribution in [0.4, 0.5) is 0 Å². The molecule has 3 heteroatoms. The highest BCUT2D eigenvalue weighted by Gasteiger charge is 2.20. The Hall–Kier alpha value is -1.51. The first-order valence-corrected chi connectivity index (χ1v) is 3.65. The summed E-state index contributed by atoms with van der Waals surface area (Å²) in [5.41, 5.74) is 0.620. The van der Waals surface area contributed by atoms with Crippen LogP contribution < -0.4 is 9.47 Å². The van der Waals surface area contributed by atoms with Crippen molar-refractivity contribution in [2.45, 2.75) is 0 Å². The summed E-state index contributed by atoms with van der Waals surface area (Å²) in [5.74, 6) is 1.36. The summed E-state index contributed by atoms with van der Waals surface area (Å²) in [6, 6.07) is 5.22. The summed E-state index contributed by atoms with van der Waals surface area (Å²) in [7, 11) is 1.57. The average molecular weight is 164 g/mol. The van der Waals surface area contributed by atoms with Gasteiger partial charge in [0.25, 0.3) is 0 Å². The summed E-state index contributed by atoms with van der Waals surface area (Å²) >= 11 is 0. The number of hydrogen-bond acceptors (Lipinski definition) is 3. The van der Waals surface area contributed by atoms with Crippen molar-refractivity contribution < 1.29 is 14.3 Å². The molecule has 0 unspecified atom stereocenters. The summed E-state index contributed by atoms with van der Waals surface area (Å²) < 4.78 is 10.1. The van der Waals surface area contributed by atoms with Crippen LogP contribution in [0.2, 0.25) is 0 Å². The molecule has 0 radical (unpaired) electrons. The van der Waals surface area contributed by atoms with Crippen molar-refractivity contribution in [3.8, 4) is 11.5 Å². The van der Waals surface area contributed by atoms with Crippen molar-refractivity contribution in [3.05, 3.63) is 23.8 Å². The van der Waals surface area contributed by atoms with E-state index < -0.39 is 0 Å². The minimum Gasteiger partial charge on any atom is -0.497 e. The number of carbonyl (C=O) groups is 1. The minimum atomic E-state index is 0.0175. The Morgan fingerprint density at radius 3 is 3.08 bits per heavy atom. The van der Waals surface area contributed by atoms with E-state index >= 15 is 0 Å². The summed E-state index contributed by atoms with van der Waals surface area (Å²) in [6.45, 7) is 0.155. The normalized spacial score (nSPS) is 13.9. The van der Waals surface area contributed by atoms with Crippen LogP contribution in [0.3, 0.4) is 0 Å². The maximum absolute atomic E-state index is 11.2. The van der Waals surface area contributed by atoms with Crippen molar-refractivity contribution in [2.24, 2.45) is 0 Å². The van der Waals surface area contributed by atoms with E-state index in [0.29, 0.717) is 17.1 Å². The molecule has 0 atom stereocenters. The maximum Gasteiger partial charge on any atom is 0.204 e. The fourth-order valence-corrected chi connectivity index (χ4v) is 1.20. The quantitative estimate of drug-likeness (QED) is 0.627. The second-order valence-electron chi connectivity index (χ2n) is 2.57. The third-order valence-corrected chi connectivity index (χ3v) is 1.85. The molecular weight excluding hydrogens is 156 g/mol. The number of ether oxygens (including phenoxy) is 2. The van der Waals surface area contributed by atoms with Gasteiger partial charge in [-0.2, -0.15) is 0 Å². The van der Waals surface area contributed by atoms with Crippen LogP contribution in [0.5, 0.6) is 11.5 Å². The van der Waals surface area contributed by atoms with E-state index in [1.54, 1.807) is 25.3 Å². The standard InChI is InChI=1S/C9H8O3/c1-11-6-2-3-9-7(4-6)8(10)5-12-9/h2-4H,5H2,1H3. The van der Waals surface area contributed by atoms with Gasteiger partial charge in [0.05, 0.1) is 12.7 Å². The number of Topliss-reactive ketones (excluding diaryl/α,β-unsaturated/α-hetero) is 1. The van der Waals surface area contributed by atoms with Crippen molar-refractivity contribution in [1.82, 2.24) is 0 Å². The van der Waals surface area contributed by atoms with Crippen LogP contribution in [-0.2, 0) is 0 Å². The second kappa shape index (κ2) is 2.52. The second-order valence-corrected chi connectivity index (χ2v) is 2.57. The lowest BCUT2D eigenvalue weighted by Crippen LogP contribution is -1.98. The van der Waals surface area contributed by atoms with Gasteiger partial charge in [0, 0.05) is 0 Å². The molecule has 0 fully saturated rings. The van der Waals surface area contributed by atoms with Crippen LogP contribution in [0.15, 0.2) is 18.2 Å². The fourth-order valence-electron chi connectivity index (χ4n) is 1.20. The lowest BCUT2D eigenvalue weighted by atomic mass is 10.1. The van der Waals surface area contributed by atoms with Gasteiger partial charge in [0.1, 0.15) is 11.5 Å². The molecule has 12 heavy (non-hydrogen) atoms. The van der Waals surface area contributed by atoms with Crippen LogP contribution in [-0.4, -0.2) is 19.5 Å². The van der Waals surface area contributed by atoms with Gasteiger partial charge in [0.15, 0.2) is 6.61 Å². The smallest absolute Gasteiger partial charge is 0.204 e. The molecule has 62 valence electrons. The monoisotopic (exact) mass is 164 g/mol. The zero-order chi connectivity index (χ0) is 8.55. The Balaban J connectivity index is 2.50. The van der Waals surface area contributed by atoms with Gasteiger partial charge in [-0.15, -0.1) is 0 Å². The third-order valence-electron chi connectivity index (χ3n) is 1.85. The Labute approximate surface area is 69.9 Å². The summed E-state index contributed by atoms with van der Waals surface area (Å²) in [4.78, 5) is 11.2. The van der Waals surface area contributed by atoms with E-state index in [-0.39, 0.29) is 12.4 Å². The number of hydrogen-bond donors (Lipinski definition) is 0. The molecule has 0 amide bonds. The Morgan fingerprint density at radius 2 is 2.33 bits per heavy atom. The first-order valence-electron chi connectivity index (χ1n) is 3.65. The Bertz CT molecular complexity index is 331. The molecule has 1 aromatic rings. The van der Waals surface area contributed by atoms with Gasteiger partial charge in [-0.05, 0) is 18.2 Å². The zero-order valence-corrected chi connectivity index (χ0v) is 6.66. The van der Waals surface area contributed by atoms with E-state index in [1.165, 1.54) is 0 Å². The molecule has 1 heterocycles. The molecule has 1 aliphatic heterocycles. The van der Waals surface area contributed by atoms with E-state index in [2.05, 4.69) is 0 Å². The van der Waals surface area contributed by atoms with E-state index in [4.69, 9.17) is 9.47 Å². The molecule has 0 aliphatic carbocycles. The summed E-state index contributed by atoms with van der Waals surface area (Å²) in [6.07, 6.45) is 0. The molecule has 0 bridgehead atoms. The topological polar surface area (TPSA) is 35.5 Å². The van der Waals surface area contributed by atoms with Gasteiger partial charge in [0.2, 0.25) is 5.78 Å². The van der Waals surface area contributed by atoms with Crippen LogP contribution in [0.1, 0.15) is 10.4 Å². The first-order chi connectivity index (χ1) is 5.81. The van der Waals surface area contributed by atoms with Crippen molar-refractivity contribution >= 4 is 5.78 Å². The number of carbonyl (C=O) groups excluding carboxylic acids is 1.